The Kier molecular flexibility index (Phi) is 5.51. The van der Waals surface area contributed by atoms with E-state index in [1.165, 1.54) is 11.3 Å². The van der Waals surface area contributed by atoms with Crippen molar-refractivity contribution in [3.63, 3.8) is 0 Å². The van der Waals surface area contributed by atoms with Crippen LogP contribution in [0.3, 0.4) is 0 Å². The van der Waals surface area contributed by atoms with Gasteiger partial charge in [-0.15, -0.1) is 10.2 Å². The Bertz CT molecular complexity index is 900. The number of anilines is 1. The molecule has 0 saturated carbocycles. The third-order valence-electron chi connectivity index (χ3n) is 3.66. The highest BCUT2D eigenvalue weighted by molar-refractivity contribution is 7.16. The zero-order chi connectivity index (χ0) is 18.7. The number of rotatable bonds is 7. The molecule has 0 fully saturated rings. The second-order valence-corrected chi connectivity index (χ2v) is 7.65. The smallest absolute Gasteiger partial charge is 0.234 e. The average Bonchev–Trinajstić information content (AvgIpc) is 3.14. The highest BCUT2D eigenvalue weighted by atomic mass is 32.1. The largest absolute Gasteiger partial charge is 0.489 e. The van der Waals surface area contributed by atoms with Gasteiger partial charge in [0.1, 0.15) is 10.8 Å². The highest BCUT2D eigenvalue weighted by Crippen LogP contribution is 2.25. The van der Waals surface area contributed by atoms with E-state index >= 15 is 0 Å². The van der Waals surface area contributed by atoms with Crippen LogP contribution in [0.2, 0.25) is 0 Å². The fraction of sp³-hybridized carbons (Fsp3) is 0.444. The average molecular weight is 373 g/mol. The molecule has 8 heteroatoms. The minimum Gasteiger partial charge on any atom is -0.489 e. The quantitative estimate of drug-likeness (QED) is 0.683. The molecular weight excluding hydrogens is 350 g/mol. The maximum absolute atomic E-state index is 12.3. The maximum Gasteiger partial charge on any atom is 0.234 e. The van der Waals surface area contributed by atoms with Crippen molar-refractivity contribution in [3.8, 4) is 5.75 Å². The Balaban J connectivity index is 1.63. The van der Waals surface area contributed by atoms with Crippen LogP contribution in [0.15, 0.2) is 24.3 Å². The van der Waals surface area contributed by atoms with Crippen molar-refractivity contribution < 1.29 is 9.53 Å². The second kappa shape index (κ2) is 7.82. The van der Waals surface area contributed by atoms with E-state index < -0.39 is 0 Å². The van der Waals surface area contributed by atoms with Crippen LogP contribution < -0.4 is 10.1 Å². The summed E-state index contributed by atoms with van der Waals surface area (Å²) in [5.41, 5.74) is 0.687. The molecule has 2 heterocycles. The lowest BCUT2D eigenvalue weighted by Crippen LogP contribution is -2.14. The van der Waals surface area contributed by atoms with E-state index in [-0.39, 0.29) is 17.9 Å². The molecular formula is C18H23N5O2S. The van der Waals surface area contributed by atoms with Gasteiger partial charge in [0.2, 0.25) is 10.9 Å². The summed E-state index contributed by atoms with van der Waals surface area (Å²) in [6.07, 6.45) is 0.949. The Morgan fingerprint density at radius 3 is 2.73 bits per heavy atom. The van der Waals surface area contributed by atoms with Crippen molar-refractivity contribution in [1.29, 1.82) is 0 Å². The van der Waals surface area contributed by atoms with Crippen LogP contribution in [-0.4, -0.2) is 31.8 Å². The van der Waals surface area contributed by atoms with Crippen LogP contribution in [0, 0.1) is 0 Å². The Morgan fingerprint density at radius 2 is 2.00 bits per heavy atom. The van der Waals surface area contributed by atoms with E-state index in [0.717, 1.165) is 15.8 Å². The van der Waals surface area contributed by atoms with Gasteiger partial charge in [0.05, 0.1) is 11.8 Å². The molecule has 0 aliphatic carbocycles. The van der Waals surface area contributed by atoms with E-state index in [4.69, 9.17) is 4.74 Å². The van der Waals surface area contributed by atoms with Crippen molar-refractivity contribution in [2.24, 2.45) is 0 Å². The number of nitrogens with zero attached hydrogens (tertiary/aromatic N) is 4. The number of ether oxygens (including phenoxy) is 1. The molecule has 26 heavy (non-hydrogen) atoms. The van der Waals surface area contributed by atoms with Gasteiger partial charge in [0, 0.05) is 18.8 Å². The van der Waals surface area contributed by atoms with Crippen molar-refractivity contribution in [2.75, 3.05) is 5.32 Å². The lowest BCUT2D eigenvalue weighted by Gasteiger charge is -2.14. The van der Waals surface area contributed by atoms with Crippen molar-refractivity contribution in [2.45, 2.75) is 52.6 Å². The minimum atomic E-state index is -0.0696. The molecule has 3 aromatic rings. The molecule has 0 saturated heterocycles. The van der Waals surface area contributed by atoms with Crippen molar-refractivity contribution in [3.05, 3.63) is 35.1 Å². The number of aryl methyl sites for hydroxylation is 1. The highest BCUT2D eigenvalue weighted by Gasteiger charge is 2.15. The maximum atomic E-state index is 12.3. The molecule has 0 atom stereocenters. The van der Waals surface area contributed by atoms with Gasteiger partial charge in [-0.2, -0.15) is 9.61 Å². The van der Waals surface area contributed by atoms with E-state index in [1.807, 2.05) is 38.1 Å². The first-order chi connectivity index (χ1) is 12.4. The molecule has 1 aromatic carbocycles. The molecule has 1 amide bonds. The van der Waals surface area contributed by atoms with Gasteiger partial charge < -0.3 is 10.1 Å². The molecule has 138 valence electrons. The summed E-state index contributed by atoms with van der Waals surface area (Å²) in [5.74, 6) is 1.70. The molecule has 0 spiro atoms. The number of para-hydroxylation sites is 2. The predicted molar refractivity (Wildman–Crippen MR) is 102 cm³/mol. The van der Waals surface area contributed by atoms with Gasteiger partial charge in [-0.25, -0.2) is 0 Å². The number of nitrogens with one attached hydrogen (secondary N) is 1. The van der Waals surface area contributed by atoms with Gasteiger partial charge >= 0.3 is 0 Å². The van der Waals surface area contributed by atoms with Crippen LogP contribution in [0.25, 0.3) is 4.96 Å². The molecule has 1 N–H and O–H groups in total. The fourth-order valence-corrected chi connectivity index (χ4v) is 3.33. The lowest BCUT2D eigenvalue weighted by molar-refractivity contribution is -0.116. The van der Waals surface area contributed by atoms with Crippen LogP contribution in [0.4, 0.5) is 5.69 Å². The van der Waals surface area contributed by atoms with Crippen molar-refractivity contribution in [1.82, 2.24) is 19.8 Å². The molecule has 0 unspecified atom stereocenters. The van der Waals surface area contributed by atoms with Crippen molar-refractivity contribution >= 4 is 27.9 Å². The number of aromatic nitrogens is 4. The Hall–Kier alpha value is -2.48. The summed E-state index contributed by atoms with van der Waals surface area (Å²) in [4.78, 5) is 13.1. The predicted octanol–water partition coefficient (Wildman–Crippen LogP) is 3.67. The van der Waals surface area contributed by atoms with E-state index in [0.29, 0.717) is 24.3 Å². The number of hydrogen-bond acceptors (Lipinski definition) is 6. The summed E-state index contributed by atoms with van der Waals surface area (Å²) in [7, 11) is 0. The summed E-state index contributed by atoms with van der Waals surface area (Å²) in [5, 5.41) is 16.6. The lowest BCUT2D eigenvalue weighted by atomic mass is 10.2. The van der Waals surface area contributed by atoms with E-state index in [9.17, 15) is 4.79 Å². The number of carbonyl (C=O) groups is 1. The first-order valence-corrected chi connectivity index (χ1v) is 9.52. The van der Waals surface area contributed by atoms with Gasteiger partial charge in [-0.3, -0.25) is 4.79 Å². The van der Waals surface area contributed by atoms with Crippen LogP contribution >= 0.6 is 11.3 Å². The minimum absolute atomic E-state index is 0.0448. The molecule has 0 radical (unpaired) electrons. The van der Waals surface area contributed by atoms with Crippen LogP contribution in [-0.2, 0) is 11.2 Å². The van der Waals surface area contributed by atoms with Gasteiger partial charge in [-0.05, 0) is 26.0 Å². The molecule has 2 aromatic heterocycles. The second-order valence-electron chi connectivity index (χ2n) is 6.61. The number of carbonyl (C=O) groups excluding carboxylic acids is 1. The van der Waals surface area contributed by atoms with E-state index in [1.54, 1.807) is 4.52 Å². The summed E-state index contributed by atoms with van der Waals surface area (Å²) in [6, 6.07) is 7.46. The zero-order valence-electron chi connectivity index (χ0n) is 15.4. The first kappa shape index (κ1) is 18.3. The zero-order valence-corrected chi connectivity index (χ0v) is 16.2. The number of fused-ring (bicyclic) bond motifs is 1. The summed E-state index contributed by atoms with van der Waals surface area (Å²) in [6.45, 7) is 8.02. The van der Waals surface area contributed by atoms with E-state index in [2.05, 4.69) is 34.5 Å². The van der Waals surface area contributed by atoms with Gasteiger partial charge in [-0.1, -0.05) is 37.3 Å². The topological polar surface area (TPSA) is 81.4 Å². The molecule has 0 aliphatic rings. The van der Waals surface area contributed by atoms with Crippen LogP contribution in [0.5, 0.6) is 5.75 Å². The summed E-state index contributed by atoms with van der Waals surface area (Å²) >= 11 is 1.47. The third kappa shape index (κ3) is 4.19. The number of amides is 1. The van der Waals surface area contributed by atoms with Gasteiger partial charge in [0.25, 0.3) is 0 Å². The number of benzene rings is 1. The third-order valence-corrected chi connectivity index (χ3v) is 4.62. The van der Waals surface area contributed by atoms with Crippen LogP contribution in [0.1, 0.15) is 50.9 Å². The van der Waals surface area contributed by atoms with Gasteiger partial charge in [0.15, 0.2) is 5.82 Å². The SMILES string of the molecule is CC(C)Oc1ccccc1NC(=O)CCc1nn2c(C(C)C)nnc2s1. The number of hydrogen-bond donors (Lipinski definition) is 1. The molecule has 3 rings (SSSR count). The molecule has 7 nitrogen and oxygen atoms in total. The molecule has 0 aliphatic heterocycles. The first-order valence-electron chi connectivity index (χ1n) is 8.70. The summed E-state index contributed by atoms with van der Waals surface area (Å²) < 4.78 is 7.50. The monoisotopic (exact) mass is 373 g/mol. The molecule has 0 bridgehead atoms. The fourth-order valence-electron chi connectivity index (χ4n) is 2.49. The normalized spacial score (nSPS) is 11.5. The Morgan fingerprint density at radius 1 is 1.23 bits per heavy atom. The Labute approximate surface area is 156 Å². The standard InChI is InChI=1S/C18H23N5O2S/c1-11(2)17-20-21-18-23(17)22-16(26-18)10-9-15(24)19-13-7-5-6-8-14(13)25-12(3)4/h5-8,11-12H,9-10H2,1-4H3,(H,19,24).